The molecule has 0 spiro atoms. The van der Waals surface area contributed by atoms with Crippen LogP contribution in [0.4, 0.5) is 5.13 Å². The van der Waals surface area contributed by atoms with Crippen molar-refractivity contribution in [3.8, 4) is 0 Å². The number of thiazole rings is 1. The van der Waals surface area contributed by atoms with Crippen LogP contribution in [-0.4, -0.2) is 20.8 Å². The van der Waals surface area contributed by atoms with Crippen molar-refractivity contribution in [2.45, 2.75) is 6.61 Å². The summed E-state index contributed by atoms with van der Waals surface area (Å²) >= 11 is 1.32. The largest absolute Gasteiger partial charge is 0.439 e. The van der Waals surface area contributed by atoms with Crippen molar-refractivity contribution in [2.75, 3.05) is 5.73 Å². The number of aromatic amines is 1. The minimum absolute atomic E-state index is 0.159. The van der Waals surface area contributed by atoms with E-state index < -0.39 is 5.76 Å². The molecule has 2 heterocycles. The molecule has 8 nitrogen and oxygen atoms in total. The zero-order chi connectivity index (χ0) is 15.4. The van der Waals surface area contributed by atoms with E-state index in [9.17, 15) is 4.79 Å². The average molecular weight is 317 g/mol. The molecule has 0 saturated carbocycles. The van der Waals surface area contributed by atoms with Crippen LogP contribution < -0.4 is 11.5 Å². The second kappa shape index (κ2) is 6.22. The van der Waals surface area contributed by atoms with Crippen molar-refractivity contribution in [3.05, 3.63) is 63.3 Å². The first-order valence-electron chi connectivity index (χ1n) is 6.24. The molecule has 0 saturated heterocycles. The van der Waals surface area contributed by atoms with Crippen LogP contribution in [0.2, 0.25) is 0 Å². The monoisotopic (exact) mass is 317 g/mol. The van der Waals surface area contributed by atoms with E-state index >= 15 is 0 Å². The van der Waals surface area contributed by atoms with E-state index in [0.717, 1.165) is 5.56 Å². The summed E-state index contributed by atoms with van der Waals surface area (Å²) in [6, 6.07) is 9.17. The Morgan fingerprint density at radius 1 is 1.41 bits per heavy atom. The van der Waals surface area contributed by atoms with Crippen LogP contribution in [0, 0.1) is 0 Å². The Bertz CT molecular complexity index is 836. The van der Waals surface area contributed by atoms with Gasteiger partial charge in [-0.1, -0.05) is 40.6 Å². The Hall–Kier alpha value is -2.94. The second-order valence-electron chi connectivity index (χ2n) is 4.20. The van der Waals surface area contributed by atoms with Crippen molar-refractivity contribution in [1.82, 2.24) is 15.1 Å². The normalized spacial score (nSPS) is 11.5. The van der Waals surface area contributed by atoms with Crippen molar-refractivity contribution in [3.63, 3.8) is 0 Å². The van der Waals surface area contributed by atoms with E-state index in [1.807, 2.05) is 30.3 Å². The fourth-order valence-electron chi connectivity index (χ4n) is 1.71. The van der Waals surface area contributed by atoms with Crippen LogP contribution in [0.3, 0.4) is 0 Å². The molecule has 0 aliphatic heterocycles. The molecule has 2 aromatic heterocycles. The molecule has 0 amide bonds. The third-order valence-electron chi connectivity index (χ3n) is 2.65. The van der Waals surface area contributed by atoms with Crippen molar-refractivity contribution >= 4 is 22.2 Å². The zero-order valence-corrected chi connectivity index (χ0v) is 12.0. The number of nitrogens with one attached hydrogen (secondary N) is 1. The van der Waals surface area contributed by atoms with E-state index in [-0.39, 0.29) is 12.4 Å². The molecule has 0 aliphatic rings. The molecule has 1 aromatic carbocycles. The number of oxime groups is 1. The Morgan fingerprint density at radius 2 is 2.23 bits per heavy atom. The number of benzene rings is 1. The van der Waals surface area contributed by atoms with Gasteiger partial charge in [0, 0.05) is 10.9 Å². The fraction of sp³-hybridized carbons (Fsp3) is 0.0769. The van der Waals surface area contributed by atoms with E-state index in [4.69, 9.17) is 10.6 Å². The number of nitrogen functional groups attached to an aromatic ring is 1. The quantitative estimate of drug-likeness (QED) is 0.542. The average Bonchev–Trinajstić information content (AvgIpc) is 3.13. The van der Waals surface area contributed by atoms with Crippen LogP contribution in [0.1, 0.15) is 17.1 Å². The maximum absolute atomic E-state index is 11.1. The van der Waals surface area contributed by atoms with Crippen LogP contribution in [0.25, 0.3) is 0 Å². The van der Waals surface area contributed by atoms with Gasteiger partial charge in [-0.25, -0.2) is 9.78 Å². The highest BCUT2D eigenvalue weighted by molar-refractivity contribution is 7.13. The minimum atomic E-state index is -0.661. The Morgan fingerprint density at radius 3 is 2.86 bits per heavy atom. The molecule has 112 valence electrons. The summed E-state index contributed by atoms with van der Waals surface area (Å²) in [5.41, 5.74) is 7.31. The Kier molecular flexibility index (Phi) is 3.97. The molecule has 3 aromatic rings. The first-order chi connectivity index (χ1) is 10.7. The summed E-state index contributed by atoms with van der Waals surface area (Å²) < 4.78 is 4.51. The lowest BCUT2D eigenvalue weighted by atomic mass is 10.1. The molecule has 3 rings (SSSR count). The van der Waals surface area contributed by atoms with Crippen molar-refractivity contribution in [1.29, 1.82) is 0 Å². The second-order valence-corrected chi connectivity index (χ2v) is 5.09. The standard InChI is InChI=1S/C13H11N5O3S/c14-12-15-9(7-22-12)6-20-17-10(8-4-2-1-3-5-8)11-16-13(19)21-18-11/h1-5,7H,6H2,(H2,14,15)(H,16,18,19)/b17-10-. The molecule has 0 aliphatic carbocycles. The molecule has 0 fully saturated rings. The van der Waals surface area contributed by atoms with Crippen molar-refractivity contribution < 1.29 is 9.36 Å². The molecule has 9 heteroatoms. The summed E-state index contributed by atoms with van der Waals surface area (Å²) in [6.45, 7) is 0.159. The van der Waals surface area contributed by atoms with Crippen LogP contribution >= 0.6 is 11.3 Å². The molecule has 3 N–H and O–H groups in total. The molecule has 0 atom stereocenters. The van der Waals surface area contributed by atoms with Gasteiger partial charge in [-0.05, 0) is 0 Å². The van der Waals surface area contributed by atoms with Gasteiger partial charge >= 0.3 is 5.76 Å². The maximum atomic E-state index is 11.1. The predicted octanol–water partition coefficient (Wildman–Crippen LogP) is 1.37. The number of H-pyrrole nitrogens is 1. The number of hydrogen-bond acceptors (Lipinski definition) is 8. The third-order valence-corrected chi connectivity index (χ3v) is 3.37. The van der Waals surface area contributed by atoms with Gasteiger partial charge in [0.25, 0.3) is 0 Å². The van der Waals surface area contributed by atoms with Gasteiger partial charge in [-0.3, -0.25) is 9.51 Å². The predicted molar refractivity (Wildman–Crippen MR) is 80.5 cm³/mol. The maximum Gasteiger partial charge on any atom is 0.439 e. The van der Waals surface area contributed by atoms with Gasteiger partial charge in [-0.2, -0.15) is 0 Å². The molecule has 0 unspecified atom stereocenters. The minimum Gasteiger partial charge on any atom is -0.389 e. The van der Waals surface area contributed by atoms with Gasteiger partial charge in [0.05, 0.1) is 5.69 Å². The van der Waals surface area contributed by atoms with E-state index in [0.29, 0.717) is 16.5 Å². The van der Waals surface area contributed by atoms with Crippen LogP contribution in [-0.2, 0) is 11.4 Å². The summed E-state index contributed by atoms with van der Waals surface area (Å²) in [6.07, 6.45) is 0. The highest BCUT2D eigenvalue weighted by atomic mass is 32.1. The molecule has 0 bridgehead atoms. The summed E-state index contributed by atoms with van der Waals surface area (Å²) in [4.78, 5) is 22.9. The number of hydrogen-bond donors (Lipinski definition) is 2. The number of nitrogens with two attached hydrogens (primary N) is 1. The molecule has 0 radical (unpaired) electrons. The molecule has 22 heavy (non-hydrogen) atoms. The van der Waals surface area contributed by atoms with Gasteiger partial charge in [-0.15, -0.1) is 11.3 Å². The Labute approximate surface area is 128 Å². The summed E-state index contributed by atoms with van der Waals surface area (Å²) in [5.74, 6) is -0.472. The lowest BCUT2D eigenvalue weighted by Gasteiger charge is -2.02. The van der Waals surface area contributed by atoms with Gasteiger partial charge < -0.3 is 10.6 Å². The van der Waals surface area contributed by atoms with E-state index in [2.05, 4.69) is 24.8 Å². The van der Waals surface area contributed by atoms with Gasteiger partial charge in [0.1, 0.15) is 0 Å². The lowest BCUT2D eigenvalue weighted by molar-refractivity contribution is 0.128. The fourth-order valence-corrected chi connectivity index (χ4v) is 2.26. The topological polar surface area (TPSA) is 119 Å². The lowest BCUT2D eigenvalue weighted by Crippen LogP contribution is -2.09. The van der Waals surface area contributed by atoms with Gasteiger partial charge in [0.2, 0.25) is 5.82 Å². The summed E-state index contributed by atoms with van der Waals surface area (Å²) in [5, 5.41) is 9.91. The zero-order valence-electron chi connectivity index (χ0n) is 11.2. The SMILES string of the molecule is Nc1nc(CO/N=C(/c2ccccc2)c2noc(=O)[nH]2)cs1. The first kappa shape index (κ1) is 14.0. The van der Waals surface area contributed by atoms with Crippen LogP contribution in [0.15, 0.2) is 50.2 Å². The van der Waals surface area contributed by atoms with Crippen LogP contribution in [0.5, 0.6) is 0 Å². The van der Waals surface area contributed by atoms with Crippen molar-refractivity contribution in [2.24, 2.45) is 5.16 Å². The number of aromatic nitrogens is 3. The van der Waals surface area contributed by atoms with E-state index in [1.54, 1.807) is 5.38 Å². The summed E-state index contributed by atoms with van der Waals surface area (Å²) in [7, 11) is 0. The third kappa shape index (κ3) is 3.20. The first-order valence-corrected chi connectivity index (χ1v) is 7.12. The van der Waals surface area contributed by atoms with Gasteiger partial charge in [0.15, 0.2) is 17.5 Å². The number of rotatable bonds is 5. The van der Waals surface area contributed by atoms with E-state index in [1.165, 1.54) is 11.3 Å². The smallest absolute Gasteiger partial charge is 0.389 e. The molecular weight excluding hydrogens is 306 g/mol. The number of anilines is 1. The molecular formula is C13H11N5O3S. The highest BCUT2D eigenvalue weighted by Crippen LogP contribution is 2.12. The Balaban J connectivity index is 1.85. The highest BCUT2D eigenvalue weighted by Gasteiger charge is 2.13. The number of nitrogens with zero attached hydrogens (tertiary/aromatic N) is 3.